The van der Waals surface area contributed by atoms with Crippen molar-refractivity contribution >= 4 is 5.91 Å². The fraction of sp³-hybridized carbons (Fsp3) is 0.318. The zero-order valence-corrected chi connectivity index (χ0v) is 17.8. The highest BCUT2D eigenvalue weighted by molar-refractivity contribution is 5.93. The molecule has 0 spiro atoms. The number of halogens is 4. The number of imidazole rings is 1. The van der Waals surface area contributed by atoms with Crippen LogP contribution in [-0.2, 0) is 6.18 Å². The molecule has 174 valence electrons. The van der Waals surface area contributed by atoms with Crippen molar-refractivity contribution in [3.63, 3.8) is 0 Å². The van der Waals surface area contributed by atoms with Crippen LogP contribution in [0.5, 0.6) is 5.75 Å². The molecular formula is C22H20F4N4O3. The number of rotatable bonds is 5. The quantitative estimate of drug-likeness (QED) is 0.542. The van der Waals surface area contributed by atoms with Crippen molar-refractivity contribution in [2.75, 3.05) is 19.7 Å². The van der Waals surface area contributed by atoms with Gasteiger partial charge in [0, 0.05) is 12.7 Å². The van der Waals surface area contributed by atoms with Gasteiger partial charge in [0.1, 0.15) is 35.1 Å². The Morgan fingerprint density at radius 2 is 1.94 bits per heavy atom. The lowest BCUT2D eigenvalue weighted by molar-refractivity contribution is -0.139. The SMILES string of the molecule is Cc1cn(-c2ccc3n(c2=O)[C@@H](C)CN(CCOc2ccc(F)cc2C(F)(F)F)C3=O)cn1. The number of benzene rings is 1. The maximum absolute atomic E-state index is 13.3. The topological polar surface area (TPSA) is 69.4 Å². The molecule has 7 nitrogen and oxygen atoms in total. The van der Waals surface area contributed by atoms with Gasteiger partial charge >= 0.3 is 6.18 Å². The molecule has 0 fully saturated rings. The van der Waals surface area contributed by atoms with Gasteiger partial charge in [-0.2, -0.15) is 13.2 Å². The minimum absolute atomic E-state index is 0.00545. The van der Waals surface area contributed by atoms with Gasteiger partial charge in [0.2, 0.25) is 0 Å². The van der Waals surface area contributed by atoms with Crippen molar-refractivity contribution < 1.29 is 27.1 Å². The maximum Gasteiger partial charge on any atom is 0.420 e. The normalized spacial score (nSPS) is 16.1. The third kappa shape index (κ3) is 4.35. The van der Waals surface area contributed by atoms with E-state index < -0.39 is 29.2 Å². The average Bonchev–Trinajstić information content (AvgIpc) is 3.17. The van der Waals surface area contributed by atoms with E-state index in [9.17, 15) is 27.2 Å². The summed E-state index contributed by atoms with van der Waals surface area (Å²) >= 11 is 0. The molecule has 1 amide bonds. The lowest BCUT2D eigenvalue weighted by Gasteiger charge is -2.34. The van der Waals surface area contributed by atoms with Crippen LogP contribution in [-0.4, -0.2) is 44.6 Å². The molecule has 11 heteroatoms. The number of carbonyl (C=O) groups excluding carboxylic acids is 1. The van der Waals surface area contributed by atoms with Crippen LogP contribution in [0.3, 0.4) is 0 Å². The first-order valence-corrected chi connectivity index (χ1v) is 10.1. The first-order valence-electron chi connectivity index (χ1n) is 10.1. The molecule has 2 aromatic heterocycles. The number of aromatic nitrogens is 3. The van der Waals surface area contributed by atoms with E-state index in [0.717, 1.165) is 17.8 Å². The predicted octanol–water partition coefficient (Wildman–Crippen LogP) is 3.60. The van der Waals surface area contributed by atoms with Crippen molar-refractivity contribution in [1.82, 2.24) is 19.0 Å². The van der Waals surface area contributed by atoms with Crippen LogP contribution in [0.25, 0.3) is 5.69 Å². The van der Waals surface area contributed by atoms with E-state index in [4.69, 9.17) is 4.74 Å². The van der Waals surface area contributed by atoms with Gasteiger partial charge in [0.15, 0.2) is 0 Å². The number of amides is 1. The van der Waals surface area contributed by atoms with Crippen LogP contribution >= 0.6 is 0 Å². The molecule has 4 rings (SSSR count). The van der Waals surface area contributed by atoms with Crippen molar-refractivity contribution in [2.45, 2.75) is 26.1 Å². The molecule has 3 heterocycles. The zero-order valence-electron chi connectivity index (χ0n) is 17.8. The third-order valence-electron chi connectivity index (χ3n) is 5.38. The molecular weight excluding hydrogens is 444 g/mol. The molecule has 0 aliphatic carbocycles. The van der Waals surface area contributed by atoms with E-state index in [1.807, 2.05) is 0 Å². The van der Waals surface area contributed by atoms with Crippen LogP contribution in [0.15, 0.2) is 47.7 Å². The Balaban J connectivity index is 1.52. The monoisotopic (exact) mass is 464 g/mol. The van der Waals surface area contributed by atoms with E-state index in [1.54, 1.807) is 30.7 Å². The van der Waals surface area contributed by atoms with Gasteiger partial charge in [0.05, 0.1) is 24.6 Å². The molecule has 0 N–H and O–H groups in total. The van der Waals surface area contributed by atoms with E-state index in [1.165, 1.54) is 21.9 Å². The van der Waals surface area contributed by atoms with Gasteiger partial charge in [-0.1, -0.05) is 0 Å². The number of alkyl halides is 3. The second-order valence-electron chi connectivity index (χ2n) is 7.79. The lowest BCUT2D eigenvalue weighted by Crippen LogP contribution is -2.48. The number of aryl methyl sites for hydroxylation is 1. The van der Waals surface area contributed by atoms with E-state index in [0.29, 0.717) is 11.8 Å². The Labute approximate surface area is 185 Å². The molecule has 0 saturated heterocycles. The molecule has 33 heavy (non-hydrogen) atoms. The summed E-state index contributed by atoms with van der Waals surface area (Å²) in [4.78, 5) is 31.5. The molecule has 0 bridgehead atoms. The highest BCUT2D eigenvalue weighted by atomic mass is 19.4. The van der Waals surface area contributed by atoms with Gasteiger partial charge in [-0.3, -0.25) is 14.2 Å². The zero-order chi connectivity index (χ0) is 23.9. The van der Waals surface area contributed by atoms with Crippen LogP contribution in [0.1, 0.15) is 34.7 Å². The summed E-state index contributed by atoms with van der Waals surface area (Å²) in [7, 11) is 0. The molecule has 0 saturated carbocycles. The standard InChI is InChI=1S/C22H20F4N4O3/c1-13-10-29(12-27-13)17-4-5-18-20(31)28(11-14(2)30(18)21(17)32)7-8-33-19-6-3-15(23)9-16(19)22(24,25)26/h3-6,9-10,12,14H,7-8,11H2,1-2H3/t14-/m0/s1. The smallest absolute Gasteiger partial charge is 0.420 e. The van der Waals surface area contributed by atoms with Crippen molar-refractivity contribution in [1.29, 1.82) is 0 Å². The second kappa shape index (κ2) is 8.38. The highest BCUT2D eigenvalue weighted by Gasteiger charge is 2.35. The van der Waals surface area contributed by atoms with Gasteiger partial charge in [-0.25, -0.2) is 9.37 Å². The molecule has 0 radical (unpaired) electrons. The van der Waals surface area contributed by atoms with Crippen molar-refractivity contribution in [3.8, 4) is 11.4 Å². The molecule has 1 aliphatic heterocycles. The van der Waals surface area contributed by atoms with Crippen LogP contribution < -0.4 is 10.3 Å². The summed E-state index contributed by atoms with van der Waals surface area (Å²) in [5.74, 6) is -1.97. The van der Waals surface area contributed by atoms with Gasteiger partial charge in [0.25, 0.3) is 11.5 Å². The minimum Gasteiger partial charge on any atom is -0.491 e. The van der Waals surface area contributed by atoms with Crippen molar-refractivity contribution in [3.05, 3.63) is 76.0 Å². The average molecular weight is 464 g/mol. The summed E-state index contributed by atoms with van der Waals surface area (Å²) in [6.45, 7) is 3.51. The Morgan fingerprint density at radius 1 is 1.18 bits per heavy atom. The summed E-state index contributed by atoms with van der Waals surface area (Å²) in [6, 6.07) is 4.86. The summed E-state index contributed by atoms with van der Waals surface area (Å²) in [6.07, 6.45) is -1.56. The van der Waals surface area contributed by atoms with Crippen LogP contribution in [0, 0.1) is 12.7 Å². The lowest BCUT2D eigenvalue weighted by atomic mass is 10.1. The number of hydrogen-bond donors (Lipinski definition) is 0. The summed E-state index contributed by atoms with van der Waals surface area (Å²) in [5, 5.41) is 0. The van der Waals surface area contributed by atoms with Crippen LogP contribution in [0.2, 0.25) is 0 Å². The Kier molecular flexibility index (Phi) is 5.73. The number of carbonyl (C=O) groups is 1. The van der Waals surface area contributed by atoms with Gasteiger partial charge < -0.3 is 14.2 Å². The van der Waals surface area contributed by atoms with Gasteiger partial charge in [-0.05, 0) is 44.2 Å². The fourth-order valence-electron chi connectivity index (χ4n) is 3.86. The van der Waals surface area contributed by atoms with E-state index >= 15 is 0 Å². The first kappa shape index (κ1) is 22.6. The third-order valence-corrected chi connectivity index (χ3v) is 5.38. The molecule has 1 aliphatic rings. The maximum atomic E-state index is 13.3. The molecule has 0 unspecified atom stereocenters. The first-order chi connectivity index (χ1) is 15.6. The second-order valence-corrected chi connectivity index (χ2v) is 7.79. The number of pyridine rings is 1. The number of hydrogen-bond acceptors (Lipinski definition) is 4. The number of fused-ring (bicyclic) bond motifs is 1. The Bertz CT molecular complexity index is 1270. The number of nitrogens with zero attached hydrogens (tertiary/aromatic N) is 4. The predicted molar refractivity (Wildman–Crippen MR) is 110 cm³/mol. The highest BCUT2D eigenvalue weighted by Crippen LogP contribution is 2.36. The van der Waals surface area contributed by atoms with E-state index in [-0.39, 0.29) is 37.0 Å². The summed E-state index contributed by atoms with van der Waals surface area (Å²) in [5.41, 5.74) is -0.297. The fourth-order valence-corrected chi connectivity index (χ4v) is 3.86. The molecule has 1 aromatic carbocycles. The number of ether oxygens (including phenoxy) is 1. The largest absolute Gasteiger partial charge is 0.491 e. The summed E-state index contributed by atoms with van der Waals surface area (Å²) < 4.78 is 60.9. The van der Waals surface area contributed by atoms with Crippen LogP contribution in [0.4, 0.5) is 17.6 Å². The van der Waals surface area contributed by atoms with Gasteiger partial charge in [-0.15, -0.1) is 0 Å². The minimum atomic E-state index is -4.78. The molecule has 3 aromatic rings. The van der Waals surface area contributed by atoms with Crippen molar-refractivity contribution in [2.24, 2.45) is 0 Å². The Hall–Kier alpha value is -3.63. The molecule has 1 atom stereocenters. The van der Waals surface area contributed by atoms with E-state index in [2.05, 4.69) is 4.98 Å². The Morgan fingerprint density at radius 3 is 2.61 bits per heavy atom.